The van der Waals surface area contributed by atoms with Crippen LogP contribution in [0.15, 0.2) is 48.5 Å². The van der Waals surface area contributed by atoms with Gasteiger partial charge in [0.2, 0.25) is 5.52 Å². The predicted octanol–water partition coefficient (Wildman–Crippen LogP) is 2.84. The maximum Gasteiger partial charge on any atom is 0.332 e. The third-order valence-corrected chi connectivity index (χ3v) is 4.09. The van der Waals surface area contributed by atoms with Gasteiger partial charge in [-0.15, -0.1) is 24.8 Å². The molecule has 0 bridgehead atoms. The molecule has 0 unspecified atom stereocenters. The molecule has 27 heavy (non-hydrogen) atoms. The zero-order chi connectivity index (χ0) is 18.0. The van der Waals surface area contributed by atoms with E-state index in [0.717, 1.165) is 28.0 Å². The monoisotopic (exact) mass is 412 g/mol. The molecule has 1 heterocycles. The Morgan fingerprint density at radius 1 is 1.00 bits per heavy atom. The number of hydrogen-bond acceptors (Lipinski definition) is 4. The average molecular weight is 413 g/mol. The quantitative estimate of drug-likeness (QED) is 0.461. The van der Waals surface area contributed by atoms with E-state index in [0.29, 0.717) is 17.9 Å². The molecule has 3 aromatic rings. The molecular weight excluding hydrogens is 387 g/mol. The zero-order valence-corrected chi connectivity index (χ0v) is 17.6. The third kappa shape index (κ3) is 4.77. The highest BCUT2D eigenvalue weighted by atomic mass is 35.5. The van der Waals surface area contributed by atoms with E-state index in [1.54, 1.807) is 4.73 Å². The van der Waals surface area contributed by atoms with Gasteiger partial charge in [-0.2, -0.15) is 0 Å². The number of halogens is 2. The Bertz CT molecular complexity index is 867. The minimum Gasteiger partial charge on any atom is -0.710 e. The summed E-state index contributed by atoms with van der Waals surface area (Å²) in [4.78, 5) is 10.1. The molecule has 0 fully saturated rings. The van der Waals surface area contributed by atoms with Crippen molar-refractivity contribution >= 4 is 41.5 Å². The van der Waals surface area contributed by atoms with E-state index in [2.05, 4.69) is 0 Å². The van der Waals surface area contributed by atoms with Crippen molar-refractivity contribution < 1.29 is 9.57 Å². The van der Waals surface area contributed by atoms with Crippen molar-refractivity contribution in [2.24, 2.45) is 0 Å². The number of rotatable bonds is 6. The summed E-state index contributed by atoms with van der Waals surface area (Å²) in [6.07, 6.45) is 0. The number of anilines is 1. The van der Waals surface area contributed by atoms with E-state index in [1.165, 1.54) is 0 Å². The predicted molar refractivity (Wildman–Crippen MR) is 115 cm³/mol. The van der Waals surface area contributed by atoms with Crippen molar-refractivity contribution in [3.05, 3.63) is 53.7 Å². The van der Waals surface area contributed by atoms with E-state index in [4.69, 9.17) is 4.84 Å². The number of fused-ring (bicyclic) bond motifs is 1. The molecule has 0 atom stereocenters. The Morgan fingerprint density at radius 2 is 1.67 bits per heavy atom. The largest absolute Gasteiger partial charge is 0.710 e. The van der Waals surface area contributed by atoms with Gasteiger partial charge in [-0.05, 0) is 43.1 Å². The van der Waals surface area contributed by atoms with Crippen LogP contribution in [0.5, 0.6) is 0 Å². The molecule has 0 saturated heterocycles. The molecule has 0 aliphatic heterocycles. The summed E-state index contributed by atoms with van der Waals surface area (Å²) < 4.78 is 2.61. The molecule has 8 heteroatoms. The summed E-state index contributed by atoms with van der Waals surface area (Å²) in [5.74, 6) is 0.491. The van der Waals surface area contributed by atoms with Crippen LogP contribution in [0.3, 0.4) is 0 Å². The van der Waals surface area contributed by atoms with Crippen molar-refractivity contribution in [2.45, 2.75) is 0 Å². The van der Waals surface area contributed by atoms with Crippen molar-refractivity contribution in [1.29, 1.82) is 0 Å². The standard InChI is InChI=1S/C19H24N4O2.2ClH/c1-20(2)12-13-25-23-18-14-16(21(3)4)10-11-17(18)22(24)19(23)15-8-6-5-7-9-15;;/h5-11,14H,12-13H2,1-4H3;2*1H. The van der Waals surface area contributed by atoms with E-state index in [-0.39, 0.29) is 24.8 Å². The molecule has 0 spiro atoms. The molecule has 0 amide bonds. The average Bonchev–Trinajstić information content (AvgIpc) is 2.87. The number of imidazole rings is 1. The summed E-state index contributed by atoms with van der Waals surface area (Å²) in [5.41, 5.74) is 3.20. The second-order valence-corrected chi connectivity index (χ2v) is 6.48. The van der Waals surface area contributed by atoms with Gasteiger partial charge < -0.3 is 19.8 Å². The van der Waals surface area contributed by atoms with Crippen molar-refractivity contribution in [2.75, 3.05) is 46.2 Å². The van der Waals surface area contributed by atoms with Gasteiger partial charge in [0, 0.05) is 32.4 Å². The highest BCUT2D eigenvalue weighted by molar-refractivity contribution is 5.85. The molecule has 6 nitrogen and oxygen atoms in total. The highest BCUT2D eigenvalue weighted by Crippen LogP contribution is 2.25. The molecule has 3 rings (SSSR count). The van der Waals surface area contributed by atoms with Gasteiger partial charge in [0.15, 0.2) is 12.1 Å². The number of likely N-dealkylation sites (N-methyl/N-ethyl adjacent to an activating group) is 1. The van der Waals surface area contributed by atoms with Crippen molar-refractivity contribution in [1.82, 2.24) is 9.63 Å². The smallest absolute Gasteiger partial charge is 0.332 e. The SMILES string of the molecule is CN(C)CCOn1c(-c2ccccc2)[n+]([O-])c2ccc(N(C)C)cc21.Cl.Cl. The minimum absolute atomic E-state index is 0. The number of benzene rings is 2. The molecule has 2 aromatic carbocycles. The fourth-order valence-electron chi connectivity index (χ4n) is 2.70. The van der Waals surface area contributed by atoms with Gasteiger partial charge in [-0.3, -0.25) is 0 Å². The van der Waals surface area contributed by atoms with Crippen LogP contribution in [0.25, 0.3) is 22.4 Å². The lowest BCUT2D eigenvalue weighted by molar-refractivity contribution is -0.567. The van der Waals surface area contributed by atoms with Gasteiger partial charge in [0.25, 0.3) is 0 Å². The lowest BCUT2D eigenvalue weighted by Crippen LogP contribution is -2.31. The van der Waals surface area contributed by atoms with Crippen molar-refractivity contribution in [3.63, 3.8) is 0 Å². The first-order chi connectivity index (χ1) is 12.0. The first kappa shape index (κ1) is 22.9. The molecule has 148 valence electrons. The summed E-state index contributed by atoms with van der Waals surface area (Å²) in [7, 11) is 7.94. The van der Waals surface area contributed by atoms with Crippen LogP contribution in [0.2, 0.25) is 0 Å². The van der Waals surface area contributed by atoms with Gasteiger partial charge in [0.1, 0.15) is 0 Å². The summed E-state index contributed by atoms with van der Waals surface area (Å²) >= 11 is 0. The van der Waals surface area contributed by atoms with Gasteiger partial charge >= 0.3 is 5.82 Å². The van der Waals surface area contributed by atoms with Crippen LogP contribution >= 0.6 is 24.8 Å². The van der Waals surface area contributed by atoms with Gasteiger partial charge in [-0.1, -0.05) is 18.2 Å². The fourth-order valence-corrected chi connectivity index (χ4v) is 2.70. The normalized spacial score (nSPS) is 10.4. The molecule has 0 saturated carbocycles. The lowest BCUT2D eigenvalue weighted by Gasteiger charge is -2.12. The number of hydrogen-bond donors (Lipinski definition) is 0. The Morgan fingerprint density at radius 3 is 2.26 bits per heavy atom. The number of nitrogens with zero attached hydrogens (tertiary/aromatic N) is 4. The van der Waals surface area contributed by atoms with Crippen molar-refractivity contribution in [3.8, 4) is 11.4 Å². The molecule has 0 aliphatic rings. The molecule has 0 aliphatic carbocycles. The van der Waals surface area contributed by atoms with Crippen LogP contribution in [0, 0.1) is 5.21 Å². The van der Waals surface area contributed by atoms with Crippen LogP contribution in [-0.2, 0) is 0 Å². The second-order valence-electron chi connectivity index (χ2n) is 6.48. The van der Waals surface area contributed by atoms with E-state index in [1.807, 2.05) is 86.5 Å². The maximum atomic E-state index is 12.9. The second kappa shape index (κ2) is 9.69. The highest BCUT2D eigenvalue weighted by Gasteiger charge is 2.25. The van der Waals surface area contributed by atoms with Gasteiger partial charge in [-0.25, -0.2) is 4.73 Å². The molecule has 0 N–H and O–H groups in total. The topological polar surface area (TPSA) is 47.6 Å². The Kier molecular flexibility index (Phi) is 8.21. The van der Waals surface area contributed by atoms with Crippen LogP contribution in [0.4, 0.5) is 5.69 Å². The number of aromatic nitrogens is 2. The lowest BCUT2D eigenvalue weighted by atomic mass is 10.2. The van der Waals surface area contributed by atoms with E-state index >= 15 is 0 Å². The summed E-state index contributed by atoms with van der Waals surface area (Å²) in [6.45, 7) is 1.25. The molecular formula is C19H26Cl2N4O2. The zero-order valence-electron chi connectivity index (χ0n) is 16.0. The van der Waals surface area contributed by atoms with Crippen LogP contribution in [-0.4, -0.2) is 51.0 Å². The Hall–Kier alpha value is -2.15. The summed E-state index contributed by atoms with van der Waals surface area (Å²) in [6, 6.07) is 15.4. The Labute approximate surface area is 172 Å². The minimum atomic E-state index is 0. The maximum absolute atomic E-state index is 12.9. The first-order valence-corrected chi connectivity index (χ1v) is 8.28. The third-order valence-electron chi connectivity index (χ3n) is 4.09. The fraction of sp³-hybridized carbons (Fsp3) is 0.316. The molecule has 0 radical (unpaired) electrons. The first-order valence-electron chi connectivity index (χ1n) is 8.28. The van der Waals surface area contributed by atoms with E-state index in [9.17, 15) is 5.21 Å². The van der Waals surface area contributed by atoms with E-state index < -0.39 is 0 Å². The molecule has 1 aromatic heterocycles. The Balaban J connectivity index is 0.00000182. The van der Waals surface area contributed by atoms with Crippen LogP contribution in [0.1, 0.15) is 0 Å². The summed E-state index contributed by atoms with van der Waals surface area (Å²) in [5, 5.41) is 12.9. The van der Waals surface area contributed by atoms with Crippen LogP contribution < -0.4 is 14.5 Å². The van der Waals surface area contributed by atoms with Gasteiger partial charge in [0.05, 0.1) is 5.56 Å².